The van der Waals surface area contributed by atoms with E-state index in [1.165, 1.54) is 44.2 Å². The summed E-state index contributed by atoms with van der Waals surface area (Å²) in [5, 5.41) is 2.68. The molecule has 1 N–H and O–H groups in total. The van der Waals surface area contributed by atoms with Gasteiger partial charge in [0.1, 0.15) is 0 Å². The van der Waals surface area contributed by atoms with Crippen molar-refractivity contribution in [1.82, 2.24) is 0 Å². The van der Waals surface area contributed by atoms with Crippen LogP contribution in [0.1, 0.15) is 20.7 Å². The quantitative estimate of drug-likeness (QED) is 0.631. The van der Waals surface area contributed by atoms with Crippen molar-refractivity contribution in [2.24, 2.45) is 0 Å². The lowest BCUT2D eigenvalue weighted by Gasteiger charge is -2.09. The van der Waals surface area contributed by atoms with Crippen LogP contribution in [-0.4, -0.2) is 37.8 Å². The average Bonchev–Trinajstić information content (AvgIpc) is 2.65. The maximum Gasteiger partial charge on any atom is 0.337 e. The molecule has 0 unspecified atom stereocenters. The van der Waals surface area contributed by atoms with Crippen molar-refractivity contribution in [1.29, 1.82) is 0 Å². The van der Waals surface area contributed by atoms with Crippen LogP contribution in [0.5, 0.6) is 0 Å². The number of hydrogen-bond acceptors (Lipinski definition) is 6. The lowest BCUT2D eigenvalue weighted by molar-refractivity contribution is -0.113. The Bertz CT molecular complexity index is 742. The number of esters is 2. The standard InChI is InChI=1S/C18H17NO5S/c1-23-17(21)12-8-13(18(22)24-2)10-14(9-12)19-16(20)11-25-15-6-4-3-5-7-15/h3-10H,11H2,1-2H3,(H,19,20). The van der Waals surface area contributed by atoms with Gasteiger partial charge in [0.2, 0.25) is 5.91 Å². The molecule has 2 rings (SSSR count). The van der Waals surface area contributed by atoms with Crippen LogP contribution in [-0.2, 0) is 14.3 Å². The zero-order valence-corrected chi connectivity index (χ0v) is 14.6. The molecule has 1 amide bonds. The van der Waals surface area contributed by atoms with E-state index in [2.05, 4.69) is 14.8 Å². The number of hydrogen-bond donors (Lipinski definition) is 1. The number of rotatable bonds is 6. The first-order valence-corrected chi connectivity index (χ1v) is 8.31. The smallest absolute Gasteiger partial charge is 0.337 e. The van der Waals surface area contributed by atoms with Crippen LogP contribution in [0.15, 0.2) is 53.4 Å². The number of anilines is 1. The van der Waals surface area contributed by atoms with Gasteiger partial charge in [-0.05, 0) is 30.3 Å². The van der Waals surface area contributed by atoms with E-state index in [1.54, 1.807) is 0 Å². The summed E-state index contributed by atoms with van der Waals surface area (Å²) in [5.74, 6) is -1.29. The molecule has 2 aromatic carbocycles. The molecular weight excluding hydrogens is 342 g/mol. The van der Waals surface area contributed by atoms with Crippen molar-refractivity contribution in [3.8, 4) is 0 Å². The summed E-state index contributed by atoms with van der Waals surface area (Å²) < 4.78 is 9.32. The molecule has 130 valence electrons. The molecule has 0 spiro atoms. The topological polar surface area (TPSA) is 81.7 Å². The van der Waals surface area contributed by atoms with Gasteiger partial charge in [-0.25, -0.2) is 9.59 Å². The Hall–Kier alpha value is -2.80. The Labute approximate surface area is 149 Å². The summed E-state index contributed by atoms with van der Waals surface area (Å²) in [6, 6.07) is 13.7. The highest BCUT2D eigenvalue weighted by molar-refractivity contribution is 8.00. The van der Waals surface area contributed by atoms with Crippen LogP contribution in [0.3, 0.4) is 0 Å². The van der Waals surface area contributed by atoms with Crippen LogP contribution < -0.4 is 5.32 Å². The lowest BCUT2D eigenvalue weighted by atomic mass is 10.1. The molecule has 2 aromatic rings. The molecule has 0 fully saturated rings. The Morgan fingerprint density at radius 3 is 2.00 bits per heavy atom. The van der Waals surface area contributed by atoms with Crippen molar-refractivity contribution >= 4 is 35.3 Å². The molecule has 0 radical (unpaired) electrons. The lowest BCUT2D eigenvalue weighted by Crippen LogP contribution is -2.16. The highest BCUT2D eigenvalue weighted by atomic mass is 32.2. The molecule has 0 heterocycles. The third kappa shape index (κ3) is 5.36. The van der Waals surface area contributed by atoms with Gasteiger partial charge < -0.3 is 14.8 Å². The number of methoxy groups -OCH3 is 2. The van der Waals surface area contributed by atoms with E-state index in [9.17, 15) is 14.4 Å². The van der Waals surface area contributed by atoms with Gasteiger partial charge in [0, 0.05) is 10.6 Å². The van der Waals surface area contributed by atoms with Crippen molar-refractivity contribution in [2.75, 3.05) is 25.3 Å². The van der Waals surface area contributed by atoms with E-state index in [0.717, 1.165) is 4.90 Å². The molecule has 6 nitrogen and oxygen atoms in total. The average molecular weight is 359 g/mol. The maximum atomic E-state index is 12.1. The Morgan fingerprint density at radius 2 is 1.48 bits per heavy atom. The van der Waals surface area contributed by atoms with Gasteiger partial charge in [-0.3, -0.25) is 4.79 Å². The number of amides is 1. The van der Waals surface area contributed by atoms with Crippen molar-refractivity contribution in [3.63, 3.8) is 0 Å². The van der Waals surface area contributed by atoms with Crippen molar-refractivity contribution in [2.45, 2.75) is 4.90 Å². The molecule has 0 aromatic heterocycles. The van der Waals surface area contributed by atoms with Crippen LogP contribution in [0.4, 0.5) is 5.69 Å². The Balaban J connectivity index is 2.12. The number of carbonyl (C=O) groups excluding carboxylic acids is 3. The second-order valence-corrected chi connectivity index (χ2v) is 5.98. The van der Waals surface area contributed by atoms with Crippen LogP contribution in [0, 0.1) is 0 Å². The molecule has 0 aliphatic rings. The minimum Gasteiger partial charge on any atom is -0.465 e. The third-order valence-corrected chi connectivity index (χ3v) is 4.18. The first-order chi connectivity index (χ1) is 12.0. The fourth-order valence-electron chi connectivity index (χ4n) is 2.03. The molecule has 0 saturated heterocycles. The number of thioether (sulfide) groups is 1. The highest BCUT2D eigenvalue weighted by Crippen LogP contribution is 2.20. The van der Waals surface area contributed by atoms with Crippen LogP contribution >= 0.6 is 11.8 Å². The minimum atomic E-state index is -0.611. The van der Waals surface area contributed by atoms with Gasteiger partial charge in [-0.15, -0.1) is 11.8 Å². The molecule has 25 heavy (non-hydrogen) atoms. The second-order valence-electron chi connectivity index (χ2n) is 4.93. The molecule has 0 aliphatic carbocycles. The SMILES string of the molecule is COC(=O)c1cc(NC(=O)CSc2ccccc2)cc(C(=O)OC)c1. The van der Waals surface area contributed by atoms with Gasteiger partial charge in [0.05, 0.1) is 31.1 Å². The molecule has 0 bridgehead atoms. The summed E-state index contributed by atoms with van der Waals surface area (Å²) in [4.78, 5) is 36.6. The first kappa shape index (κ1) is 18.5. The number of benzene rings is 2. The molecule has 0 atom stereocenters. The normalized spacial score (nSPS) is 10.0. The van der Waals surface area contributed by atoms with E-state index >= 15 is 0 Å². The first-order valence-electron chi connectivity index (χ1n) is 7.33. The van der Waals surface area contributed by atoms with E-state index in [1.807, 2.05) is 30.3 Å². The van der Waals surface area contributed by atoms with E-state index < -0.39 is 11.9 Å². The zero-order valence-electron chi connectivity index (χ0n) is 13.8. The maximum absolute atomic E-state index is 12.1. The van der Waals surface area contributed by atoms with Crippen molar-refractivity contribution in [3.05, 3.63) is 59.7 Å². The van der Waals surface area contributed by atoms with Crippen LogP contribution in [0.2, 0.25) is 0 Å². The monoisotopic (exact) mass is 359 g/mol. The third-order valence-electron chi connectivity index (χ3n) is 3.17. The number of nitrogens with one attached hydrogen (secondary N) is 1. The predicted molar refractivity (Wildman–Crippen MR) is 94.9 cm³/mol. The summed E-state index contributed by atoms with van der Waals surface area (Å²) in [5.41, 5.74) is 0.620. The fraction of sp³-hybridized carbons (Fsp3) is 0.167. The number of carbonyl (C=O) groups is 3. The summed E-state index contributed by atoms with van der Waals surface area (Å²) in [6.07, 6.45) is 0. The Morgan fingerprint density at radius 1 is 0.920 bits per heavy atom. The van der Waals surface area contributed by atoms with Gasteiger partial charge in [0.25, 0.3) is 0 Å². The fourth-order valence-corrected chi connectivity index (χ4v) is 2.75. The highest BCUT2D eigenvalue weighted by Gasteiger charge is 2.15. The van der Waals surface area contributed by atoms with Crippen LogP contribution in [0.25, 0.3) is 0 Å². The van der Waals surface area contributed by atoms with E-state index in [4.69, 9.17) is 0 Å². The van der Waals surface area contributed by atoms with Gasteiger partial charge in [-0.2, -0.15) is 0 Å². The second kappa shape index (κ2) is 8.89. The van der Waals surface area contributed by atoms with Gasteiger partial charge in [-0.1, -0.05) is 18.2 Å². The van der Waals surface area contributed by atoms with E-state index in [0.29, 0.717) is 5.69 Å². The summed E-state index contributed by atoms with van der Waals surface area (Å²) >= 11 is 1.38. The van der Waals surface area contributed by atoms with Crippen molar-refractivity contribution < 1.29 is 23.9 Å². The summed E-state index contributed by atoms with van der Waals surface area (Å²) in [7, 11) is 2.48. The molecule has 0 aliphatic heterocycles. The largest absolute Gasteiger partial charge is 0.465 e. The zero-order chi connectivity index (χ0) is 18.2. The minimum absolute atomic E-state index is 0.149. The molecule has 7 heteroatoms. The predicted octanol–water partition coefficient (Wildman–Crippen LogP) is 2.99. The van der Waals surface area contributed by atoms with E-state index in [-0.39, 0.29) is 22.8 Å². The summed E-state index contributed by atoms with van der Waals surface area (Å²) in [6.45, 7) is 0. The molecule has 0 saturated carbocycles. The molecular formula is C18H17NO5S. The Kier molecular flexibility index (Phi) is 6.59. The van der Waals surface area contributed by atoms with Gasteiger partial charge >= 0.3 is 11.9 Å². The number of ether oxygens (including phenoxy) is 2. The van der Waals surface area contributed by atoms with Gasteiger partial charge in [0.15, 0.2) is 0 Å².